The Morgan fingerprint density at radius 1 is 1.06 bits per heavy atom. The minimum Gasteiger partial charge on any atom is -0.0619 e. The molecule has 1 radical (unpaired) electrons. The molecule has 1 aliphatic carbocycles. The van der Waals surface area contributed by atoms with Crippen molar-refractivity contribution in [2.75, 3.05) is 0 Å². The summed E-state index contributed by atoms with van der Waals surface area (Å²) in [5.41, 5.74) is 7.12. The van der Waals surface area contributed by atoms with E-state index >= 15 is 0 Å². The van der Waals surface area contributed by atoms with Crippen molar-refractivity contribution in [3.05, 3.63) is 59.2 Å². The molecule has 0 nitrogen and oxygen atoms in total. The average Bonchev–Trinajstić information content (AvgIpc) is 2.65. The Hall–Kier alpha value is -1.56. The predicted molar refractivity (Wildman–Crippen MR) is 72.2 cm³/mol. The van der Waals surface area contributed by atoms with Crippen molar-refractivity contribution in [1.29, 1.82) is 0 Å². The van der Waals surface area contributed by atoms with Gasteiger partial charge in [0.1, 0.15) is 0 Å². The smallest absolute Gasteiger partial charge is 0.000728 e. The molecular formula is C17H17. The van der Waals surface area contributed by atoms with Gasteiger partial charge < -0.3 is 0 Å². The molecular weight excluding hydrogens is 204 g/mol. The standard InChI is InChI=1S/C17H17/c1-17(2,3)14-9-8-13-10-12-6-4-5-7-15(12)16(13)11-14/h4-7,9,11H,10H2,1-3H3. The van der Waals surface area contributed by atoms with Crippen molar-refractivity contribution in [3.63, 3.8) is 0 Å². The molecule has 0 amide bonds. The lowest BCUT2D eigenvalue weighted by Crippen LogP contribution is -2.11. The normalized spacial score (nSPS) is 13.4. The first-order chi connectivity index (χ1) is 8.05. The van der Waals surface area contributed by atoms with Gasteiger partial charge in [-0.2, -0.15) is 0 Å². The summed E-state index contributed by atoms with van der Waals surface area (Å²) in [7, 11) is 0. The SMILES string of the molecule is CC(C)(C)c1c[c]c2c(c1)-c1ccccc1C2. The number of benzene rings is 2. The van der Waals surface area contributed by atoms with Gasteiger partial charge >= 0.3 is 0 Å². The van der Waals surface area contributed by atoms with Crippen LogP contribution in [0, 0.1) is 6.07 Å². The molecule has 85 valence electrons. The van der Waals surface area contributed by atoms with Gasteiger partial charge in [-0.05, 0) is 45.7 Å². The van der Waals surface area contributed by atoms with E-state index in [2.05, 4.69) is 63.2 Å². The Kier molecular flexibility index (Phi) is 2.16. The highest BCUT2D eigenvalue weighted by atomic mass is 14.2. The van der Waals surface area contributed by atoms with Crippen molar-refractivity contribution in [3.8, 4) is 11.1 Å². The molecule has 0 atom stereocenters. The molecule has 0 unspecified atom stereocenters. The largest absolute Gasteiger partial charge is 0.0619 e. The summed E-state index contributed by atoms with van der Waals surface area (Å²) < 4.78 is 0. The molecule has 2 aromatic rings. The topological polar surface area (TPSA) is 0 Å². The fraction of sp³-hybridized carbons (Fsp3) is 0.294. The minimum atomic E-state index is 0.197. The number of rotatable bonds is 0. The Balaban J connectivity index is 2.18. The number of hydrogen-bond acceptors (Lipinski definition) is 0. The summed E-state index contributed by atoms with van der Waals surface area (Å²) >= 11 is 0. The molecule has 0 aliphatic heterocycles. The van der Waals surface area contributed by atoms with Crippen LogP contribution in [-0.2, 0) is 11.8 Å². The van der Waals surface area contributed by atoms with Crippen LogP contribution in [-0.4, -0.2) is 0 Å². The third-order valence-corrected chi connectivity index (χ3v) is 3.57. The molecule has 0 heteroatoms. The lowest BCUT2D eigenvalue weighted by molar-refractivity contribution is 0.590. The van der Waals surface area contributed by atoms with Crippen molar-refractivity contribution in [2.24, 2.45) is 0 Å². The average molecular weight is 221 g/mol. The van der Waals surface area contributed by atoms with Crippen molar-refractivity contribution in [1.82, 2.24) is 0 Å². The summed E-state index contributed by atoms with van der Waals surface area (Å²) in [5, 5.41) is 0. The van der Waals surface area contributed by atoms with E-state index in [4.69, 9.17) is 0 Å². The van der Waals surface area contributed by atoms with E-state index in [1.165, 1.54) is 27.8 Å². The molecule has 0 fully saturated rings. The van der Waals surface area contributed by atoms with Crippen LogP contribution in [0.15, 0.2) is 36.4 Å². The van der Waals surface area contributed by atoms with Gasteiger partial charge in [-0.3, -0.25) is 0 Å². The molecule has 0 heterocycles. The molecule has 2 aromatic carbocycles. The highest BCUT2D eigenvalue weighted by Crippen LogP contribution is 2.38. The van der Waals surface area contributed by atoms with Crippen molar-refractivity contribution >= 4 is 0 Å². The van der Waals surface area contributed by atoms with Gasteiger partial charge in [-0.15, -0.1) is 0 Å². The number of fused-ring (bicyclic) bond motifs is 3. The number of hydrogen-bond donors (Lipinski definition) is 0. The van der Waals surface area contributed by atoms with Gasteiger partial charge in [0.25, 0.3) is 0 Å². The second kappa shape index (κ2) is 3.46. The van der Waals surface area contributed by atoms with Gasteiger partial charge in [0, 0.05) is 0 Å². The Labute approximate surface area is 103 Å². The van der Waals surface area contributed by atoms with Gasteiger partial charge in [-0.1, -0.05) is 57.2 Å². The highest BCUT2D eigenvalue weighted by molar-refractivity contribution is 5.77. The highest BCUT2D eigenvalue weighted by Gasteiger charge is 2.21. The van der Waals surface area contributed by atoms with E-state index in [0.29, 0.717) is 0 Å². The molecule has 3 rings (SSSR count). The quantitative estimate of drug-likeness (QED) is 0.529. The molecule has 0 bridgehead atoms. The van der Waals surface area contributed by atoms with E-state index in [-0.39, 0.29) is 5.41 Å². The fourth-order valence-electron chi connectivity index (χ4n) is 2.47. The second-order valence-electron chi connectivity index (χ2n) is 5.86. The maximum absolute atomic E-state index is 3.47. The molecule has 0 saturated carbocycles. The molecule has 0 aromatic heterocycles. The van der Waals surface area contributed by atoms with E-state index < -0.39 is 0 Å². The molecule has 0 spiro atoms. The van der Waals surface area contributed by atoms with Gasteiger partial charge in [-0.25, -0.2) is 0 Å². The summed E-state index contributed by atoms with van der Waals surface area (Å²) in [6, 6.07) is 16.7. The monoisotopic (exact) mass is 221 g/mol. The second-order valence-corrected chi connectivity index (χ2v) is 5.86. The first-order valence-electron chi connectivity index (χ1n) is 6.19. The zero-order chi connectivity index (χ0) is 12.0. The van der Waals surface area contributed by atoms with E-state index in [0.717, 1.165) is 6.42 Å². The van der Waals surface area contributed by atoms with Crippen LogP contribution in [0.2, 0.25) is 0 Å². The zero-order valence-electron chi connectivity index (χ0n) is 10.7. The molecule has 17 heavy (non-hydrogen) atoms. The van der Waals surface area contributed by atoms with Crippen LogP contribution in [0.5, 0.6) is 0 Å². The maximum atomic E-state index is 3.47. The molecule has 1 aliphatic rings. The fourth-order valence-corrected chi connectivity index (χ4v) is 2.47. The van der Waals surface area contributed by atoms with Crippen LogP contribution in [0.1, 0.15) is 37.5 Å². The maximum Gasteiger partial charge on any atom is -0.000728 e. The van der Waals surface area contributed by atoms with Gasteiger partial charge in [0.05, 0.1) is 0 Å². The van der Waals surface area contributed by atoms with Gasteiger partial charge in [0.2, 0.25) is 0 Å². The van der Waals surface area contributed by atoms with Crippen molar-refractivity contribution in [2.45, 2.75) is 32.6 Å². The van der Waals surface area contributed by atoms with Crippen LogP contribution >= 0.6 is 0 Å². The molecule has 0 N–H and O–H groups in total. The van der Waals surface area contributed by atoms with Crippen LogP contribution < -0.4 is 0 Å². The first kappa shape index (κ1) is 10.6. The Bertz CT molecular complexity index is 571. The zero-order valence-corrected chi connectivity index (χ0v) is 10.7. The first-order valence-corrected chi connectivity index (χ1v) is 6.19. The van der Waals surface area contributed by atoms with Crippen molar-refractivity contribution < 1.29 is 0 Å². The van der Waals surface area contributed by atoms with E-state index in [1.807, 2.05) is 0 Å². The molecule has 0 saturated heterocycles. The third kappa shape index (κ3) is 1.68. The lowest BCUT2D eigenvalue weighted by Gasteiger charge is -2.19. The van der Waals surface area contributed by atoms with Crippen LogP contribution in [0.4, 0.5) is 0 Å². The third-order valence-electron chi connectivity index (χ3n) is 3.57. The summed E-state index contributed by atoms with van der Waals surface area (Å²) in [5.74, 6) is 0. The lowest BCUT2D eigenvalue weighted by atomic mass is 9.85. The Morgan fingerprint density at radius 2 is 1.82 bits per heavy atom. The van der Waals surface area contributed by atoms with E-state index in [9.17, 15) is 0 Å². The summed E-state index contributed by atoms with van der Waals surface area (Å²) in [6.07, 6.45) is 1.04. The predicted octanol–water partition coefficient (Wildman–Crippen LogP) is 4.36. The minimum absolute atomic E-state index is 0.197. The Morgan fingerprint density at radius 3 is 2.59 bits per heavy atom. The van der Waals surface area contributed by atoms with E-state index in [1.54, 1.807) is 0 Å². The summed E-state index contributed by atoms with van der Waals surface area (Å²) in [4.78, 5) is 0. The summed E-state index contributed by atoms with van der Waals surface area (Å²) in [6.45, 7) is 6.76. The van der Waals surface area contributed by atoms with Gasteiger partial charge in [0.15, 0.2) is 0 Å². The van der Waals surface area contributed by atoms with Crippen LogP contribution in [0.3, 0.4) is 0 Å². The van der Waals surface area contributed by atoms with Crippen LogP contribution in [0.25, 0.3) is 11.1 Å².